The molecule has 0 saturated carbocycles. The van der Waals surface area contributed by atoms with E-state index in [-0.39, 0.29) is 39.6 Å². The lowest BCUT2D eigenvalue weighted by atomic mass is 9.93. The summed E-state index contributed by atoms with van der Waals surface area (Å²) in [7, 11) is 0. The zero-order valence-electron chi connectivity index (χ0n) is 18.9. The Kier molecular flexibility index (Phi) is 6.68. The molecule has 0 spiro atoms. The lowest BCUT2D eigenvalue weighted by molar-refractivity contribution is -0.133. The van der Waals surface area contributed by atoms with Gasteiger partial charge in [-0.1, -0.05) is 44.0 Å². The standard InChI is InChI=1S/C22H25Cl2FN4O4/c1-21(2,3)14-10-13(28-20(32)27-12-7-6-11(25)15(23)16(12)24)17(33-14)18(30)29-9-8-26-19(31)22(29,4)5/h6-7,10H,8-9H2,1-5H3,(H,26,31)(H2,27,28,32). The van der Waals surface area contributed by atoms with Crippen LogP contribution in [0.25, 0.3) is 0 Å². The molecule has 1 fully saturated rings. The van der Waals surface area contributed by atoms with E-state index in [0.717, 1.165) is 6.07 Å². The summed E-state index contributed by atoms with van der Waals surface area (Å²) in [6, 6.07) is 3.14. The van der Waals surface area contributed by atoms with Gasteiger partial charge >= 0.3 is 6.03 Å². The van der Waals surface area contributed by atoms with Gasteiger partial charge < -0.3 is 25.3 Å². The molecule has 1 aromatic heterocycles. The summed E-state index contributed by atoms with van der Waals surface area (Å²) in [5.41, 5.74) is -1.37. The monoisotopic (exact) mass is 498 g/mol. The van der Waals surface area contributed by atoms with Gasteiger partial charge in [-0.15, -0.1) is 0 Å². The number of benzene rings is 1. The van der Waals surface area contributed by atoms with E-state index in [1.807, 2.05) is 20.8 Å². The Morgan fingerprint density at radius 3 is 2.42 bits per heavy atom. The molecule has 2 aromatic rings. The maximum absolute atomic E-state index is 13.5. The molecule has 0 bridgehead atoms. The van der Waals surface area contributed by atoms with Crippen molar-refractivity contribution in [2.24, 2.45) is 0 Å². The highest BCUT2D eigenvalue weighted by Crippen LogP contribution is 2.34. The van der Waals surface area contributed by atoms with Crippen molar-refractivity contribution in [3.8, 4) is 0 Å². The number of nitrogens with one attached hydrogen (secondary N) is 3. The van der Waals surface area contributed by atoms with Gasteiger partial charge in [-0.05, 0) is 26.0 Å². The highest BCUT2D eigenvalue weighted by atomic mass is 35.5. The zero-order chi connectivity index (χ0) is 24.7. The second-order valence-electron chi connectivity index (χ2n) is 9.18. The number of carbonyl (C=O) groups is 3. The lowest BCUT2D eigenvalue weighted by Crippen LogP contribution is -2.63. The minimum atomic E-state index is -1.11. The SMILES string of the molecule is CC(C)(C)c1cc(NC(=O)Nc2ccc(F)c(Cl)c2Cl)c(C(=O)N2CCNC(=O)C2(C)C)o1. The maximum atomic E-state index is 13.5. The third-order valence-electron chi connectivity index (χ3n) is 5.29. The fraction of sp³-hybridized carbons (Fsp3) is 0.409. The number of hydrogen-bond acceptors (Lipinski definition) is 4. The normalized spacial score (nSPS) is 15.8. The molecule has 3 N–H and O–H groups in total. The van der Waals surface area contributed by atoms with Crippen LogP contribution >= 0.6 is 23.2 Å². The molecule has 4 amide bonds. The molecule has 1 aliphatic heterocycles. The molecule has 33 heavy (non-hydrogen) atoms. The Morgan fingerprint density at radius 2 is 1.79 bits per heavy atom. The molecule has 0 unspecified atom stereocenters. The Bertz CT molecular complexity index is 1120. The number of hydrogen-bond donors (Lipinski definition) is 3. The van der Waals surface area contributed by atoms with Crippen molar-refractivity contribution in [1.29, 1.82) is 0 Å². The third-order valence-corrected chi connectivity index (χ3v) is 6.15. The van der Waals surface area contributed by atoms with Crippen LogP contribution in [0.3, 0.4) is 0 Å². The van der Waals surface area contributed by atoms with Crippen molar-refractivity contribution in [2.45, 2.75) is 45.6 Å². The first-order chi connectivity index (χ1) is 15.2. The molecule has 1 aromatic carbocycles. The van der Waals surface area contributed by atoms with Crippen LogP contribution in [0.5, 0.6) is 0 Å². The summed E-state index contributed by atoms with van der Waals surface area (Å²) in [5, 5.41) is 7.31. The van der Waals surface area contributed by atoms with Gasteiger partial charge in [0.05, 0.1) is 21.4 Å². The van der Waals surface area contributed by atoms with Crippen molar-refractivity contribution < 1.29 is 23.2 Å². The molecular weight excluding hydrogens is 474 g/mol. The Balaban J connectivity index is 1.92. The fourth-order valence-corrected chi connectivity index (χ4v) is 3.65. The van der Waals surface area contributed by atoms with Crippen LogP contribution in [0.4, 0.5) is 20.6 Å². The van der Waals surface area contributed by atoms with Crippen LogP contribution in [0.2, 0.25) is 10.0 Å². The molecular formula is C22H25Cl2FN4O4. The second-order valence-corrected chi connectivity index (χ2v) is 9.93. The Labute approximate surface area is 200 Å². The van der Waals surface area contributed by atoms with Gasteiger partial charge in [0.15, 0.2) is 0 Å². The Hall–Kier alpha value is -2.78. The van der Waals surface area contributed by atoms with E-state index in [4.69, 9.17) is 27.6 Å². The number of rotatable bonds is 3. The minimum Gasteiger partial charge on any atom is -0.453 e. The zero-order valence-corrected chi connectivity index (χ0v) is 20.4. The van der Waals surface area contributed by atoms with Gasteiger partial charge in [0.25, 0.3) is 5.91 Å². The molecule has 1 saturated heterocycles. The van der Waals surface area contributed by atoms with Crippen molar-refractivity contribution >= 4 is 52.4 Å². The Morgan fingerprint density at radius 1 is 1.15 bits per heavy atom. The van der Waals surface area contributed by atoms with Gasteiger partial charge in [-0.3, -0.25) is 9.59 Å². The van der Waals surface area contributed by atoms with E-state index in [2.05, 4.69) is 16.0 Å². The van der Waals surface area contributed by atoms with Crippen LogP contribution < -0.4 is 16.0 Å². The van der Waals surface area contributed by atoms with E-state index >= 15 is 0 Å². The maximum Gasteiger partial charge on any atom is 0.323 e. The third kappa shape index (κ3) is 4.94. The number of urea groups is 1. The summed E-state index contributed by atoms with van der Waals surface area (Å²) >= 11 is 11.8. The first-order valence-corrected chi connectivity index (χ1v) is 10.9. The topological polar surface area (TPSA) is 104 Å². The number of anilines is 2. The van der Waals surface area contributed by atoms with Gasteiger partial charge in [0, 0.05) is 24.6 Å². The summed E-state index contributed by atoms with van der Waals surface area (Å²) in [6.07, 6.45) is 0. The van der Waals surface area contributed by atoms with E-state index in [0.29, 0.717) is 12.3 Å². The van der Waals surface area contributed by atoms with Crippen molar-refractivity contribution in [3.63, 3.8) is 0 Å². The molecule has 2 heterocycles. The highest BCUT2D eigenvalue weighted by Gasteiger charge is 2.42. The quantitative estimate of drug-likeness (QED) is 0.516. The molecule has 1 aliphatic rings. The largest absolute Gasteiger partial charge is 0.453 e. The number of nitrogens with zero attached hydrogens (tertiary/aromatic N) is 1. The molecule has 0 atom stereocenters. The van der Waals surface area contributed by atoms with E-state index in [1.54, 1.807) is 19.9 Å². The number of carbonyl (C=O) groups excluding carboxylic acids is 3. The van der Waals surface area contributed by atoms with Crippen LogP contribution in [0, 0.1) is 5.82 Å². The fourth-order valence-electron chi connectivity index (χ4n) is 3.29. The summed E-state index contributed by atoms with van der Waals surface area (Å²) in [4.78, 5) is 39.8. The van der Waals surface area contributed by atoms with E-state index < -0.39 is 28.7 Å². The van der Waals surface area contributed by atoms with Gasteiger partial charge in [-0.2, -0.15) is 0 Å². The molecule has 8 nitrogen and oxygen atoms in total. The summed E-state index contributed by atoms with van der Waals surface area (Å²) < 4.78 is 19.4. The van der Waals surface area contributed by atoms with E-state index in [1.165, 1.54) is 11.0 Å². The van der Waals surface area contributed by atoms with Gasteiger partial charge in [-0.25, -0.2) is 9.18 Å². The predicted molar refractivity (Wildman–Crippen MR) is 125 cm³/mol. The summed E-state index contributed by atoms with van der Waals surface area (Å²) in [6.45, 7) is 9.51. The van der Waals surface area contributed by atoms with Gasteiger partial charge in [0.2, 0.25) is 11.7 Å². The predicted octanol–water partition coefficient (Wildman–Crippen LogP) is 5.02. The molecule has 0 radical (unpaired) electrons. The average molecular weight is 499 g/mol. The van der Waals surface area contributed by atoms with Gasteiger partial charge in [0.1, 0.15) is 17.1 Å². The molecule has 178 valence electrons. The molecule has 3 rings (SSSR count). The lowest BCUT2D eigenvalue weighted by Gasteiger charge is -2.40. The second kappa shape index (κ2) is 8.87. The first-order valence-electron chi connectivity index (χ1n) is 10.2. The van der Waals surface area contributed by atoms with E-state index in [9.17, 15) is 18.8 Å². The van der Waals surface area contributed by atoms with Crippen LogP contribution in [0.15, 0.2) is 22.6 Å². The number of amides is 4. The van der Waals surface area contributed by atoms with Crippen LogP contribution in [0.1, 0.15) is 50.9 Å². The molecule has 11 heteroatoms. The van der Waals surface area contributed by atoms with Crippen LogP contribution in [-0.2, 0) is 10.2 Å². The van der Waals surface area contributed by atoms with Crippen LogP contribution in [-0.4, -0.2) is 41.4 Å². The summed E-state index contributed by atoms with van der Waals surface area (Å²) in [5.74, 6) is -1.20. The van der Waals surface area contributed by atoms with Crippen molar-refractivity contribution in [2.75, 3.05) is 23.7 Å². The number of piperazine rings is 1. The smallest absolute Gasteiger partial charge is 0.323 e. The molecule has 0 aliphatic carbocycles. The first kappa shape index (κ1) is 24.9. The van der Waals surface area contributed by atoms with Crippen molar-refractivity contribution in [1.82, 2.24) is 10.2 Å². The number of halogens is 3. The average Bonchev–Trinajstić information content (AvgIpc) is 3.14. The highest BCUT2D eigenvalue weighted by molar-refractivity contribution is 6.44. The minimum absolute atomic E-state index is 0.0850. The number of furan rings is 1. The van der Waals surface area contributed by atoms with Crippen molar-refractivity contribution in [3.05, 3.63) is 45.6 Å².